The van der Waals surface area contributed by atoms with Gasteiger partial charge in [-0.1, -0.05) is 11.6 Å². The Balaban J connectivity index is 1.84. The van der Waals surface area contributed by atoms with Gasteiger partial charge >= 0.3 is 5.69 Å². The summed E-state index contributed by atoms with van der Waals surface area (Å²) in [6.45, 7) is -0.636. The number of aromatic amines is 2. The molecule has 0 bridgehead atoms. The molecule has 27 heavy (non-hydrogen) atoms. The molecule has 1 unspecified atom stereocenters. The summed E-state index contributed by atoms with van der Waals surface area (Å²) in [5, 5.41) is 4.37. The van der Waals surface area contributed by atoms with E-state index in [1.54, 1.807) is 0 Å². The zero-order valence-electron chi connectivity index (χ0n) is 13.9. The molecule has 12 heteroatoms. The average Bonchev–Trinajstić information content (AvgIpc) is 3.16. The van der Waals surface area contributed by atoms with Gasteiger partial charge in [-0.2, -0.15) is 5.10 Å². The molecule has 9 nitrogen and oxygen atoms in total. The van der Waals surface area contributed by atoms with E-state index in [4.69, 9.17) is 16.3 Å². The smallest absolute Gasteiger partial charge is 0.325 e. The van der Waals surface area contributed by atoms with Crippen LogP contribution in [0.15, 0.2) is 28.0 Å². The molecule has 1 atom stereocenters. The van der Waals surface area contributed by atoms with E-state index in [0.717, 1.165) is 0 Å². The van der Waals surface area contributed by atoms with Crippen LogP contribution >= 0.6 is 11.6 Å². The molecule has 1 aliphatic rings. The fourth-order valence-electron chi connectivity index (χ4n) is 3.08. The summed E-state index contributed by atoms with van der Waals surface area (Å²) < 4.78 is 34.3. The molecule has 0 radical (unpaired) electrons. The van der Waals surface area contributed by atoms with Gasteiger partial charge < -0.3 is 14.6 Å². The van der Waals surface area contributed by atoms with Crippen LogP contribution in [0.2, 0.25) is 5.15 Å². The van der Waals surface area contributed by atoms with E-state index in [-0.39, 0.29) is 28.8 Å². The highest BCUT2D eigenvalue weighted by molar-refractivity contribution is 6.29. The number of nitrogens with zero attached hydrogens (tertiary/aromatic N) is 4. The molecule has 4 rings (SSSR count). The average molecular weight is 399 g/mol. The Hall–Kier alpha value is -2.79. The lowest BCUT2D eigenvalue weighted by molar-refractivity contribution is -0.0889. The summed E-state index contributed by atoms with van der Waals surface area (Å²) >= 11 is 6.12. The third-order valence-electron chi connectivity index (χ3n) is 4.37. The van der Waals surface area contributed by atoms with Gasteiger partial charge in [0, 0.05) is 13.3 Å². The van der Waals surface area contributed by atoms with Crippen LogP contribution in [-0.4, -0.2) is 56.8 Å². The second kappa shape index (κ2) is 6.13. The molecule has 1 saturated heterocycles. The normalized spacial score (nSPS) is 19.1. The van der Waals surface area contributed by atoms with Crippen LogP contribution in [0.25, 0.3) is 16.8 Å². The first-order chi connectivity index (χ1) is 12.8. The molecular weight excluding hydrogens is 386 g/mol. The van der Waals surface area contributed by atoms with Gasteiger partial charge in [-0.25, -0.2) is 23.1 Å². The van der Waals surface area contributed by atoms with Gasteiger partial charge in [-0.05, 0) is 6.07 Å². The van der Waals surface area contributed by atoms with E-state index in [2.05, 4.69) is 20.1 Å². The van der Waals surface area contributed by atoms with Crippen molar-refractivity contribution in [2.24, 2.45) is 0 Å². The van der Waals surface area contributed by atoms with Gasteiger partial charge in [-0.15, -0.1) is 0 Å². The predicted molar refractivity (Wildman–Crippen MR) is 92.6 cm³/mol. The predicted octanol–water partition coefficient (Wildman–Crippen LogP) is 0.897. The minimum absolute atomic E-state index is 0.0620. The van der Waals surface area contributed by atoms with Gasteiger partial charge in [0.1, 0.15) is 22.5 Å². The van der Waals surface area contributed by atoms with Crippen molar-refractivity contribution in [3.05, 3.63) is 44.5 Å². The van der Waals surface area contributed by atoms with Crippen molar-refractivity contribution < 1.29 is 13.5 Å². The molecular formula is C15H13ClF2N6O3. The number of alkyl halides is 2. The highest BCUT2D eigenvalue weighted by atomic mass is 35.5. The molecule has 0 amide bonds. The first-order valence-electron chi connectivity index (χ1n) is 7.82. The Bertz CT molecular complexity index is 1140. The topological polar surface area (TPSA) is 108 Å². The largest absolute Gasteiger partial charge is 0.373 e. The molecule has 0 aliphatic carbocycles. The number of fused-ring (bicyclic) bond motifs is 1. The van der Waals surface area contributed by atoms with E-state index in [1.165, 1.54) is 35.0 Å². The minimum Gasteiger partial charge on any atom is -0.373 e. The lowest BCUT2D eigenvalue weighted by Gasteiger charge is -2.17. The highest BCUT2D eigenvalue weighted by Gasteiger charge is 2.49. The van der Waals surface area contributed by atoms with Gasteiger partial charge in [0.25, 0.3) is 11.5 Å². The first-order valence-corrected chi connectivity index (χ1v) is 8.20. The molecule has 0 spiro atoms. The summed E-state index contributed by atoms with van der Waals surface area (Å²) in [7, 11) is 1.23. The maximum Gasteiger partial charge on any atom is 0.325 e. The number of aromatic nitrogens is 5. The number of rotatable bonds is 3. The third-order valence-corrected chi connectivity index (χ3v) is 4.63. The van der Waals surface area contributed by atoms with Crippen LogP contribution in [0.5, 0.6) is 0 Å². The zero-order valence-corrected chi connectivity index (χ0v) is 14.6. The van der Waals surface area contributed by atoms with Crippen molar-refractivity contribution in [1.82, 2.24) is 24.6 Å². The number of halogens is 3. The Morgan fingerprint density at radius 3 is 2.85 bits per heavy atom. The van der Waals surface area contributed by atoms with Crippen LogP contribution in [0.4, 0.5) is 14.6 Å². The number of nitrogens with one attached hydrogen (secondary N) is 2. The van der Waals surface area contributed by atoms with Crippen molar-refractivity contribution in [1.29, 1.82) is 0 Å². The number of hydrogen-bond donors (Lipinski definition) is 2. The SMILES string of the molecule is COC1CN(c2ncc(Cl)n3nc(-c4c[nH]c(=O)[nH]c4=O)cc23)CC1(F)F. The van der Waals surface area contributed by atoms with Crippen molar-refractivity contribution in [2.45, 2.75) is 12.0 Å². The fraction of sp³-hybridized carbons (Fsp3) is 0.333. The lowest BCUT2D eigenvalue weighted by Crippen LogP contribution is -2.33. The van der Waals surface area contributed by atoms with Crippen LogP contribution < -0.4 is 16.1 Å². The maximum atomic E-state index is 14.1. The first kappa shape index (κ1) is 17.6. The quantitative estimate of drug-likeness (QED) is 0.678. The minimum atomic E-state index is -3.04. The third kappa shape index (κ3) is 2.88. The second-order valence-corrected chi connectivity index (χ2v) is 6.47. The van der Waals surface area contributed by atoms with Gasteiger partial charge in [0.05, 0.1) is 24.8 Å². The number of hydrogen-bond acceptors (Lipinski definition) is 6. The molecule has 1 aliphatic heterocycles. The Labute approximate surface area is 154 Å². The molecule has 3 aromatic rings. The van der Waals surface area contributed by atoms with Crippen molar-refractivity contribution >= 4 is 22.9 Å². The van der Waals surface area contributed by atoms with Crippen LogP contribution in [0.3, 0.4) is 0 Å². The van der Waals surface area contributed by atoms with Gasteiger partial charge in [0.15, 0.2) is 5.82 Å². The monoisotopic (exact) mass is 398 g/mol. The highest BCUT2D eigenvalue weighted by Crippen LogP contribution is 2.35. The fourth-order valence-corrected chi connectivity index (χ4v) is 3.25. The van der Waals surface area contributed by atoms with Crippen LogP contribution in [-0.2, 0) is 4.74 Å². The number of anilines is 1. The van der Waals surface area contributed by atoms with E-state index in [9.17, 15) is 18.4 Å². The van der Waals surface area contributed by atoms with Crippen molar-refractivity contribution in [2.75, 3.05) is 25.1 Å². The second-order valence-electron chi connectivity index (χ2n) is 6.08. The standard InChI is InChI=1S/C15H13ClF2N6O3/c1-27-10-5-23(6-15(10,17)18)12-9-2-8(22-24(9)11(16)4-19-12)7-3-20-14(26)21-13(7)25/h2-4,10H,5-6H2,1H3,(H2,20,21,25,26). The number of ether oxygens (including phenoxy) is 1. The van der Waals surface area contributed by atoms with E-state index < -0.39 is 29.8 Å². The van der Waals surface area contributed by atoms with Crippen LogP contribution in [0.1, 0.15) is 0 Å². The summed E-state index contributed by atoms with van der Waals surface area (Å²) in [6, 6.07) is 1.50. The van der Waals surface area contributed by atoms with Gasteiger partial charge in [-0.3, -0.25) is 9.78 Å². The lowest BCUT2D eigenvalue weighted by atomic mass is 10.2. The molecule has 3 aromatic heterocycles. The number of H-pyrrole nitrogens is 2. The van der Waals surface area contributed by atoms with E-state index in [1.807, 2.05) is 0 Å². The van der Waals surface area contributed by atoms with E-state index >= 15 is 0 Å². The van der Waals surface area contributed by atoms with Crippen LogP contribution in [0, 0.1) is 0 Å². The maximum absolute atomic E-state index is 14.1. The van der Waals surface area contributed by atoms with Gasteiger partial charge in [0.2, 0.25) is 0 Å². The zero-order chi connectivity index (χ0) is 19.3. The van der Waals surface area contributed by atoms with E-state index in [0.29, 0.717) is 5.52 Å². The molecule has 2 N–H and O–H groups in total. The Morgan fingerprint density at radius 2 is 2.19 bits per heavy atom. The van der Waals surface area contributed by atoms with Crippen molar-refractivity contribution in [3.8, 4) is 11.3 Å². The molecule has 0 aromatic carbocycles. The Morgan fingerprint density at radius 1 is 1.41 bits per heavy atom. The molecule has 4 heterocycles. The Kier molecular flexibility index (Phi) is 4.00. The summed E-state index contributed by atoms with van der Waals surface area (Å²) in [6.07, 6.45) is 1.24. The van der Waals surface area contributed by atoms with Crippen molar-refractivity contribution in [3.63, 3.8) is 0 Å². The summed E-state index contributed by atoms with van der Waals surface area (Å²) in [5.41, 5.74) is -0.645. The molecule has 1 fully saturated rings. The summed E-state index contributed by atoms with van der Waals surface area (Å²) in [5.74, 6) is -2.80. The number of methoxy groups -OCH3 is 1. The molecule has 142 valence electrons. The molecule has 0 saturated carbocycles. The summed E-state index contributed by atoms with van der Waals surface area (Å²) in [4.78, 5) is 33.2.